The average Bonchev–Trinajstić information content (AvgIpc) is 1.59. The summed E-state index contributed by atoms with van der Waals surface area (Å²) in [5.41, 5.74) is 1.36. The number of carbonyl (C=O) groups is 1. The molecule has 1 atom stereocenters. The van der Waals surface area contributed by atoms with Gasteiger partial charge in [-0.3, -0.25) is 9.69 Å². The second-order valence-corrected chi connectivity index (χ2v) is 2.29. The molecule has 0 aromatic rings. The molecule has 0 aliphatic rings. The maximum Gasteiger partial charge on any atom is 0.532 e. The van der Waals surface area contributed by atoms with Gasteiger partial charge in [0.15, 0.2) is 0 Å². The zero-order valence-corrected chi connectivity index (χ0v) is 5.39. The van der Waals surface area contributed by atoms with Crippen molar-refractivity contribution in [2.45, 2.75) is 6.92 Å². The van der Waals surface area contributed by atoms with Crippen LogP contribution in [0.5, 0.6) is 0 Å². The second kappa shape index (κ2) is 2.91. The summed E-state index contributed by atoms with van der Waals surface area (Å²) in [6, 6.07) is 0. The SMILES string of the molecule is CC(=O)NOP(=O)(O)F. The molecule has 0 aromatic heterocycles. The van der Waals surface area contributed by atoms with Gasteiger partial charge < -0.3 is 0 Å². The topological polar surface area (TPSA) is 75.6 Å². The van der Waals surface area contributed by atoms with Gasteiger partial charge in [-0.15, -0.1) is 4.20 Å². The van der Waals surface area contributed by atoms with E-state index in [0.717, 1.165) is 6.92 Å². The molecule has 2 N–H and O–H groups in total. The van der Waals surface area contributed by atoms with Crippen LogP contribution in [0.1, 0.15) is 6.92 Å². The number of nitrogens with one attached hydrogen (secondary N) is 1. The van der Waals surface area contributed by atoms with E-state index >= 15 is 0 Å². The van der Waals surface area contributed by atoms with E-state index in [1.54, 1.807) is 0 Å². The molecule has 7 heteroatoms. The summed E-state index contributed by atoms with van der Waals surface area (Å²) in [4.78, 5) is 17.6. The van der Waals surface area contributed by atoms with Gasteiger partial charge in [-0.25, -0.2) is 10.0 Å². The molecule has 5 nitrogen and oxygen atoms in total. The Bertz CT molecular complexity index is 153. The maximum atomic E-state index is 11.4. The lowest BCUT2D eigenvalue weighted by Crippen LogP contribution is -2.17. The van der Waals surface area contributed by atoms with Gasteiger partial charge in [0.25, 0.3) is 0 Å². The molecule has 0 heterocycles. The first-order chi connectivity index (χ1) is 3.92. The minimum absolute atomic E-state index is 0.748. The molecule has 9 heavy (non-hydrogen) atoms. The monoisotopic (exact) mass is 157 g/mol. The first-order valence-electron chi connectivity index (χ1n) is 1.89. The van der Waals surface area contributed by atoms with Crippen LogP contribution in [0.2, 0.25) is 0 Å². The molecular weight excluding hydrogens is 152 g/mol. The van der Waals surface area contributed by atoms with E-state index < -0.39 is 13.8 Å². The van der Waals surface area contributed by atoms with Gasteiger partial charge in [-0.2, -0.15) is 4.62 Å². The van der Waals surface area contributed by atoms with Crippen molar-refractivity contribution in [3.63, 3.8) is 0 Å². The first-order valence-corrected chi connectivity index (χ1v) is 3.36. The summed E-state index contributed by atoms with van der Waals surface area (Å²) in [5, 5.41) is 0. The maximum absolute atomic E-state index is 11.4. The standard InChI is InChI=1S/C2H5FNO4P/c1-2(5)4-8-9(3,6)7/h1H3,(H,4,5)(H,6,7). The predicted molar refractivity (Wildman–Crippen MR) is 25.8 cm³/mol. The van der Waals surface area contributed by atoms with Crippen molar-refractivity contribution in [1.82, 2.24) is 5.48 Å². The highest BCUT2D eigenvalue weighted by Gasteiger charge is 2.17. The van der Waals surface area contributed by atoms with Gasteiger partial charge in [0, 0.05) is 6.92 Å². The molecule has 54 valence electrons. The van der Waals surface area contributed by atoms with Crippen LogP contribution in [0.15, 0.2) is 0 Å². The van der Waals surface area contributed by atoms with Crippen LogP contribution in [-0.2, 0) is 14.0 Å². The molecule has 1 amide bonds. The minimum Gasteiger partial charge on any atom is -0.298 e. The normalized spacial score (nSPS) is 16.3. The van der Waals surface area contributed by atoms with Crippen LogP contribution in [0.4, 0.5) is 4.20 Å². The summed E-state index contributed by atoms with van der Waals surface area (Å²) in [6.45, 7) is 1.01. The van der Waals surface area contributed by atoms with Crippen LogP contribution in [-0.4, -0.2) is 10.8 Å². The zero-order valence-electron chi connectivity index (χ0n) is 4.50. The molecular formula is C2H5FNO4P. The van der Waals surface area contributed by atoms with Crippen molar-refractivity contribution in [3.05, 3.63) is 0 Å². The summed E-state index contributed by atoms with van der Waals surface area (Å²) >= 11 is 0. The second-order valence-electron chi connectivity index (χ2n) is 1.20. The Morgan fingerprint density at radius 3 is 2.44 bits per heavy atom. The van der Waals surface area contributed by atoms with Gasteiger partial charge in [-0.1, -0.05) is 0 Å². The van der Waals surface area contributed by atoms with Crippen LogP contribution < -0.4 is 5.48 Å². The van der Waals surface area contributed by atoms with Crippen molar-refractivity contribution in [2.24, 2.45) is 0 Å². The summed E-state index contributed by atoms with van der Waals surface area (Å²) in [5.74, 6) is -0.748. The zero-order chi connectivity index (χ0) is 7.49. The summed E-state index contributed by atoms with van der Waals surface area (Å²) in [7, 11) is -5.05. The third-order valence-electron chi connectivity index (χ3n) is 0.302. The minimum atomic E-state index is -5.05. The molecule has 0 spiro atoms. The fourth-order valence-corrected chi connectivity index (χ4v) is 0.362. The molecule has 0 bridgehead atoms. The van der Waals surface area contributed by atoms with E-state index in [1.807, 2.05) is 0 Å². The van der Waals surface area contributed by atoms with E-state index in [2.05, 4.69) is 4.62 Å². The molecule has 0 aliphatic heterocycles. The molecule has 0 rings (SSSR count). The van der Waals surface area contributed by atoms with Gasteiger partial charge in [0.2, 0.25) is 5.91 Å². The lowest BCUT2D eigenvalue weighted by molar-refractivity contribution is -0.126. The first kappa shape index (κ1) is 8.55. The molecule has 0 saturated carbocycles. The lowest BCUT2D eigenvalue weighted by atomic mass is 10.8. The quantitative estimate of drug-likeness (QED) is 0.441. The van der Waals surface area contributed by atoms with Crippen LogP contribution >= 0.6 is 7.91 Å². The summed E-state index contributed by atoms with van der Waals surface area (Å²) in [6.07, 6.45) is 0. The van der Waals surface area contributed by atoms with Crippen molar-refractivity contribution in [1.29, 1.82) is 0 Å². The smallest absolute Gasteiger partial charge is 0.298 e. The van der Waals surface area contributed by atoms with Gasteiger partial charge in [-0.05, 0) is 0 Å². The summed E-state index contributed by atoms with van der Waals surface area (Å²) < 4.78 is 24.3. The van der Waals surface area contributed by atoms with Crippen molar-refractivity contribution < 1.29 is 23.1 Å². The number of rotatable bonds is 2. The van der Waals surface area contributed by atoms with Crippen molar-refractivity contribution in [3.8, 4) is 0 Å². The number of hydroxylamine groups is 1. The highest BCUT2D eigenvalue weighted by molar-refractivity contribution is 7.46. The third-order valence-corrected chi connectivity index (χ3v) is 0.618. The van der Waals surface area contributed by atoms with E-state index in [9.17, 15) is 13.6 Å². The molecule has 0 radical (unpaired) electrons. The van der Waals surface area contributed by atoms with Gasteiger partial charge >= 0.3 is 7.91 Å². The van der Waals surface area contributed by atoms with Crippen LogP contribution in [0, 0.1) is 0 Å². The molecule has 0 aliphatic carbocycles. The van der Waals surface area contributed by atoms with E-state index in [0.29, 0.717) is 0 Å². The Labute approximate surface area is 50.4 Å². The van der Waals surface area contributed by atoms with E-state index in [1.165, 1.54) is 5.48 Å². The number of hydrogen-bond donors (Lipinski definition) is 2. The van der Waals surface area contributed by atoms with E-state index in [-0.39, 0.29) is 0 Å². The molecule has 0 fully saturated rings. The Hall–Kier alpha value is -0.450. The number of halogens is 1. The predicted octanol–water partition coefficient (Wildman–Crippen LogP) is 0.124. The van der Waals surface area contributed by atoms with Gasteiger partial charge in [0.05, 0.1) is 0 Å². The Morgan fingerprint density at radius 2 is 2.33 bits per heavy atom. The Kier molecular flexibility index (Phi) is 2.76. The van der Waals surface area contributed by atoms with Crippen molar-refractivity contribution in [2.75, 3.05) is 0 Å². The van der Waals surface area contributed by atoms with E-state index in [4.69, 9.17) is 4.89 Å². The molecule has 1 unspecified atom stereocenters. The van der Waals surface area contributed by atoms with Crippen LogP contribution in [0.3, 0.4) is 0 Å². The highest BCUT2D eigenvalue weighted by atomic mass is 31.2. The number of carbonyl (C=O) groups excluding carboxylic acids is 1. The fourth-order valence-electron chi connectivity index (χ4n) is 0.121. The number of hydrogen-bond acceptors (Lipinski definition) is 3. The largest absolute Gasteiger partial charge is 0.532 e. The third kappa shape index (κ3) is 7.55. The number of amides is 1. The van der Waals surface area contributed by atoms with Crippen LogP contribution in [0.25, 0.3) is 0 Å². The highest BCUT2D eigenvalue weighted by Crippen LogP contribution is 2.41. The Morgan fingerprint density at radius 1 is 1.89 bits per heavy atom. The van der Waals surface area contributed by atoms with Crippen molar-refractivity contribution >= 4 is 13.8 Å². The Balaban J connectivity index is 3.53. The van der Waals surface area contributed by atoms with Gasteiger partial charge in [0.1, 0.15) is 0 Å². The molecule has 0 aromatic carbocycles. The average molecular weight is 157 g/mol. The molecule has 0 saturated heterocycles. The fraction of sp³-hybridized carbons (Fsp3) is 0.500. The lowest BCUT2D eigenvalue weighted by Gasteiger charge is -1.99.